The number of esters is 1. The molecule has 0 saturated heterocycles. The molecule has 0 radical (unpaired) electrons. The van der Waals surface area contributed by atoms with Crippen molar-refractivity contribution in [3.05, 3.63) is 104 Å². The van der Waals surface area contributed by atoms with Gasteiger partial charge in [-0.1, -0.05) is 70.7 Å². The fraction of sp³-hybridized carbons (Fsp3) is 0.148. The van der Waals surface area contributed by atoms with Gasteiger partial charge in [-0.25, -0.2) is 9.48 Å². The number of benzene rings is 3. The van der Waals surface area contributed by atoms with Crippen molar-refractivity contribution in [2.75, 3.05) is 7.11 Å². The summed E-state index contributed by atoms with van der Waals surface area (Å²) in [5.41, 5.74) is 3.40. The molecule has 1 amide bonds. The average Bonchev–Trinajstić information content (AvgIpc) is 3.20. The van der Waals surface area contributed by atoms with Crippen LogP contribution in [0, 0.1) is 6.92 Å². The zero-order valence-electron chi connectivity index (χ0n) is 19.8. The second-order valence-corrected chi connectivity index (χ2v) is 9.94. The van der Waals surface area contributed by atoms with Gasteiger partial charge >= 0.3 is 5.97 Å². The number of hydrogen-bond acceptors (Lipinski definition) is 4. The van der Waals surface area contributed by atoms with Crippen LogP contribution < -0.4 is 5.32 Å². The monoisotopic (exact) mass is 575 g/mol. The number of carbonyl (C=O) groups is 2. The number of hydrogen-bond donors (Lipinski definition) is 1. The maximum Gasteiger partial charge on any atom is 0.328 e. The van der Waals surface area contributed by atoms with E-state index in [0.717, 1.165) is 11.1 Å². The Bertz CT molecular complexity index is 1470. The lowest BCUT2D eigenvalue weighted by molar-refractivity contribution is -0.142. The van der Waals surface area contributed by atoms with Crippen molar-refractivity contribution in [3.8, 4) is 16.9 Å². The van der Waals surface area contributed by atoms with Gasteiger partial charge in [0.2, 0.25) is 0 Å². The fourth-order valence-corrected chi connectivity index (χ4v) is 4.77. The lowest BCUT2D eigenvalue weighted by Gasteiger charge is -2.16. The highest BCUT2D eigenvalue weighted by atomic mass is 35.5. The fourth-order valence-electron chi connectivity index (χ4n) is 3.95. The average molecular weight is 577 g/mol. The maximum absolute atomic E-state index is 13.5. The maximum atomic E-state index is 13.5. The lowest BCUT2D eigenvalue weighted by atomic mass is 10.0. The Morgan fingerprint density at radius 3 is 2.27 bits per heavy atom. The van der Waals surface area contributed by atoms with Gasteiger partial charge in [-0.2, -0.15) is 5.10 Å². The molecular weight excluding hydrogens is 556 g/mol. The molecule has 1 atom stereocenters. The van der Waals surface area contributed by atoms with E-state index in [4.69, 9.17) is 51.1 Å². The van der Waals surface area contributed by atoms with E-state index in [0.29, 0.717) is 37.0 Å². The molecule has 3 aromatic carbocycles. The van der Waals surface area contributed by atoms with Crippen LogP contribution in [-0.2, 0) is 16.0 Å². The van der Waals surface area contributed by atoms with Gasteiger partial charge in [0, 0.05) is 32.6 Å². The van der Waals surface area contributed by atoms with E-state index in [9.17, 15) is 9.59 Å². The summed E-state index contributed by atoms with van der Waals surface area (Å²) in [6, 6.07) is 18.2. The Morgan fingerprint density at radius 2 is 1.62 bits per heavy atom. The van der Waals surface area contributed by atoms with Crippen molar-refractivity contribution in [3.63, 3.8) is 0 Å². The van der Waals surface area contributed by atoms with Crippen molar-refractivity contribution < 1.29 is 14.3 Å². The first-order valence-corrected chi connectivity index (χ1v) is 12.6. The second-order valence-electron chi connectivity index (χ2n) is 8.22. The number of nitrogens with zero attached hydrogens (tertiary/aromatic N) is 2. The van der Waals surface area contributed by atoms with Gasteiger partial charge < -0.3 is 10.1 Å². The van der Waals surface area contributed by atoms with E-state index in [1.54, 1.807) is 60.1 Å². The molecule has 0 bridgehead atoms. The largest absolute Gasteiger partial charge is 0.467 e. The second kappa shape index (κ2) is 11.6. The molecule has 0 fully saturated rings. The van der Waals surface area contributed by atoms with Crippen LogP contribution in [0.1, 0.15) is 21.6 Å². The highest BCUT2D eigenvalue weighted by Crippen LogP contribution is 2.33. The van der Waals surface area contributed by atoms with Crippen LogP contribution in [0.4, 0.5) is 0 Å². The van der Waals surface area contributed by atoms with Gasteiger partial charge in [0.05, 0.1) is 23.5 Å². The number of amides is 1. The number of methoxy groups -OCH3 is 1. The Kier molecular flexibility index (Phi) is 8.45. The van der Waals surface area contributed by atoms with Crippen LogP contribution in [0.5, 0.6) is 0 Å². The van der Waals surface area contributed by atoms with Crippen molar-refractivity contribution >= 4 is 58.3 Å². The third-order valence-corrected chi connectivity index (χ3v) is 6.74. The highest BCUT2D eigenvalue weighted by molar-refractivity contribution is 6.35. The van der Waals surface area contributed by atoms with Crippen molar-refractivity contribution in [2.45, 2.75) is 19.4 Å². The SMILES string of the molecule is COC(=O)[C@H](Cc1cccc(Cl)c1)NC(=O)c1nn(-c2ccc(Cl)cc2Cl)c(-c2ccc(Cl)cc2)c1C. The lowest BCUT2D eigenvalue weighted by Crippen LogP contribution is -2.43. The Hall–Kier alpha value is -3.03. The van der Waals surface area contributed by atoms with Gasteiger partial charge in [0.25, 0.3) is 5.91 Å². The highest BCUT2D eigenvalue weighted by Gasteiger charge is 2.28. The van der Waals surface area contributed by atoms with Crippen LogP contribution in [-0.4, -0.2) is 34.8 Å². The molecule has 4 rings (SSSR count). The minimum Gasteiger partial charge on any atom is -0.467 e. The topological polar surface area (TPSA) is 73.2 Å². The van der Waals surface area contributed by atoms with Crippen molar-refractivity contribution in [2.24, 2.45) is 0 Å². The normalized spacial score (nSPS) is 11.7. The molecule has 6 nitrogen and oxygen atoms in total. The Balaban J connectivity index is 1.76. The van der Waals surface area contributed by atoms with Gasteiger partial charge in [-0.15, -0.1) is 0 Å². The smallest absolute Gasteiger partial charge is 0.328 e. The molecule has 0 saturated carbocycles. The quantitative estimate of drug-likeness (QED) is 0.241. The number of aromatic nitrogens is 2. The molecule has 37 heavy (non-hydrogen) atoms. The first kappa shape index (κ1) is 27.0. The van der Waals surface area contributed by atoms with Gasteiger partial charge in [0.15, 0.2) is 5.69 Å². The predicted molar refractivity (Wildman–Crippen MR) is 147 cm³/mol. The van der Waals surface area contributed by atoms with Gasteiger partial charge in [0.1, 0.15) is 6.04 Å². The summed E-state index contributed by atoms with van der Waals surface area (Å²) >= 11 is 24.8. The Morgan fingerprint density at radius 1 is 0.946 bits per heavy atom. The van der Waals surface area contributed by atoms with Crippen LogP contribution in [0.3, 0.4) is 0 Å². The van der Waals surface area contributed by atoms with E-state index in [1.807, 2.05) is 18.2 Å². The van der Waals surface area contributed by atoms with Gasteiger partial charge in [-0.05, 0) is 55.0 Å². The van der Waals surface area contributed by atoms with Crippen molar-refractivity contribution in [1.29, 1.82) is 0 Å². The molecule has 1 N–H and O–H groups in total. The van der Waals surface area contributed by atoms with E-state index in [1.165, 1.54) is 7.11 Å². The minimum atomic E-state index is -0.960. The molecule has 1 aromatic heterocycles. The number of nitrogens with one attached hydrogen (secondary N) is 1. The first-order valence-electron chi connectivity index (χ1n) is 11.1. The minimum absolute atomic E-state index is 0.121. The zero-order chi connectivity index (χ0) is 26.7. The standard InChI is InChI=1S/C27H21Cl4N3O3/c1-15-24(26(35)32-22(27(36)37-2)13-16-4-3-5-19(29)12-16)33-34(23-11-10-20(30)14-21(23)31)25(15)17-6-8-18(28)9-7-17/h3-12,14,22H,13H2,1-2H3,(H,32,35)/t22-/m0/s1. The number of carbonyl (C=O) groups excluding carboxylic acids is 2. The summed E-state index contributed by atoms with van der Waals surface area (Å²) in [6.45, 7) is 1.77. The van der Waals surface area contributed by atoms with E-state index >= 15 is 0 Å². The van der Waals surface area contributed by atoms with E-state index in [2.05, 4.69) is 10.4 Å². The van der Waals surface area contributed by atoms with Crippen LogP contribution >= 0.6 is 46.4 Å². The molecule has 0 spiro atoms. The van der Waals surface area contributed by atoms with Crippen LogP contribution in [0.2, 0.25) is 20.1 Å². The molecule has 0 aliphatic heterocycles. The number of rotatable bonds is 7. The molecule has 10 heteroatoms. The van der Waals surface area contributed by atoms with E-state index < -0.39 is 17.9 Å². The number of ether oxygens (including phenoxy) is 1. The molecule has 0 aliphatic carbocycles. The molecule has 190 valence electrons. The molecule has 0 unspecified atom stereocenters. The van der Waals surface area contributed by atoms with Crippen LogP contribution in [0.25, 0.3) is 16.9 Å². The summed E-state index contributed by atoms with van der Waals surface area (Å²) in [7, 11) is 1.26. The molecule has 1 heterocycles. The zero-order valence-corrected chi connectivity index (χ0v) is 22.8. The third-order valence-electron chi connectivity index (χ3n) is 5.71. The Labute approximate surface area is 234 Å². The molecule has 4 aromatic rings. The predicted octanol–water partition coefficient (Wildman–Crippen LogP) is 6.98. The van der Waals surface area contributed by atoms with Crippen LogP contribution in [0.15, 0.2) is 66.7 Å². The number of halogens is 4. The van der Waals surface area contributed by atoms with E-state index in [-0.39, 0.29) is 12.1 Å². The summed E-state index contributed by atoms with van der Waals surface area (Å²) < 4.78 is 6.51. The first-order chi connectivity index (χ1) is 17.7. The third kappa shape index (κ3) is 6.11. The summed E-state index contributed by atoms with van der Waals surface area (Å²) in [4.78, 5) is 26.0. The summed E-state index contributed by atoms with van der Waals surface area (Å²) in [5.74, 6) is -1.14. The summed E-state index contributed by atoms with van der Waals surface area (Å²) in [5, 5.41) is 9.27. The molecular formula is C27H21Cl4N3O3. The van der Waals surface area contributed by atoms with Gasteiger partial charge in [-0.3, -0.25) is 4.79 Å². The molecule has 0 aliphatic rings. The van der Waals surface area contributed by atoms with Crippen molar-refractivity contribution in [1.82, 2.24) is 15.1 Å². The summed E-state index contributed by atoms with van der Waals surface area (Å²) in [6.07, 6.45) is 0.186.